The van der Waals surface area contributed by atoms with Crippen LogP contribution in [0.5, 0.6) is 0 Å². The van der Waals surface area contributed by atoms with E-state index in [4.69, 9.17) is 0 Å². The second kappa shape index (κ2) is 6.82. The van der Waals surface area contributed by atoms with Crippen molar-refractivity contribution in [1.29, 1.82) is 0 Å². The molecule has 0 radical (unpaired) electrons. The van der Waals surface area contributed by atoms with Gasteiger partial charge in [-0.2, -0.15) is 0 Å². The molecule has 126 valence electrons. The number of nitrogens with one attached hydrogen (secondary N) is 1. The molecule has 0 spiro atoms. The van der Waals surface area contributed by atoms with Gasteiger partial charge in [0.25, 0.3) is 5.91 Å². The Morgan fingerprint density at radius 3 is 2.43 bits per heavy atom. The summed E-state index contributed by atoms with van der Waals surface area (Å²) >= 11 is 0. The normalized spacial score (nSPS) is 24.2. The molecule has 2 aliphatic rings. The van der Waals surface area contributed by atoms with Crippen LogP contribution >= 0.6 is 0 Å². The van der Waals surface area contributed by atoms with Crippen LogP contribution in [0.3, 0.4) is 0 Å². The first-order valence-corrected chi connectivity index (χ1v) is 9.94. The standard InChI is InChI=1S/C15H22N4O3S/c20-15(18-12-5-8-23(21,22)11-12)13-9-17-14(10-16-13)19-6-3-1-2-4-7-19/h9-10,12H,1-8,11H2,(H,18,20). The van der Waals surface area contributed by atoms with Crippen molar-refractivity contribution >= 4 is 21.6 Å². The Morgan fingerprint density at radius 2 is 1.87 bits per heavy atom. The number of sulfone groups is 1. The number of aromatic nitrogens is 2. The SMILES string of the molecule is O=C(NC1CCS(=O)(=O)C1)c1cnc(N2CCCCCC2)cn1. The molecule has 8 heteroatoms. The van der Waals surface area contributed by atoms with Gasteiger partial charge in [0.1, 0.15) is 11.5 Å². The fraction of sp³-hybridized carbons (Fsp3) is 0.667. The molecule has 0 bridgehead atoms. The molecule has 2 aliphatic heterocycles. The summed E-state index contributed by atoms with van der Waals surface area (Å²) in [6.07, 6.45) is 8.36. The molecule has 2 fully saturated rings. The largest absolute Gasteiger partial charge is 0.355 e. The molecular weight excluding hydrogens is 316 g/mol. The summed E-state index contributed by atoms with van der Waals surface area (Å²) in [5.74, 6) is 0.587. The van der Waals surface area contributed by atoms with Crippen molar-refractivity contribution in [2.75, 3.05) is 29.5 Å². The molecule has 0 aliphatic carbocycles. The summed E-state index contributed by atoms with van der Waals surface area (Å²) in [4.78, 5) is 22.9. The predicted octanol–water partition coefficient (Wildman–Crippen LogP) is 0.774. The van der Waals surface area contributed by atoms with Crippen LogP contribution in [-0.4, -0.2) is 54.9 Å². The van der Waals surface area contributed by atoms with E-state index in [1.807, 2.05) is 0 Å². The van der Waals surface area contributed by atoms with Crippen molar-refractivity contribution in [2.45, 2.75) is 38.1 Å². The summed E-state index contributed by atoms with van der Waals surface area (Å²) < 4.78 is 22.8. The predicted molar refractivity (Wildman–Crippen MR) is 87.2 cm³/mol. The van der Waals surface area contributed by atoms with Gasteiger partial charge in [-0.05, 0) is 19.3 Å². The third-order valence-corrected chi connectivity index (χ3v) is 6.14. The first kappa shape index (κ1) is 16.2. The fourth-order valence-corrected chi connectivity index (χ4v) is 4.74. The van der Waals surface area contributed by atoms with Crippen LogP contribution in [0.4, 0.5) is 5.82 Å². The van der Waals surface area contributed by atoms with E-state index < -0.39 is 9.84 Å². The average Bonchev–Trinajstić information content (AvgIpc) is 2.75. The van der Waals surface area contributed by atoms with Crippen molar-refractivity contribution in [2.24, 2.45) is 0 Å². The number of rotatable bonds is 3. The zero-order valence-corrected chi connectivity index (χ0v) is 13.9. The number of hydrogen-bond acceptors (Lipinski definition) is 6. The maximum absolute atomic E-state index is 12.1. The Morgan fingerprint density at radius 1 is 1.13 bits per heavy atom. The Kier molecular flexibility index (Phi) is 4.79. The van der Waals surface area contributed by atoms with E-state index in [2.05, 4.69) is 20.2 Å². The highest BCUT2D eigenvalue weighted by molar-refractivity contribution is 7.91. The number of hydrogen-bond donors (Lipinski definition) is 1. The van der Waals surface area contributed by atoms with Crippen LogP contribution in [0.25, 0.3) is 0 Å². The molecule has 1 aromatic heterocycles. The lowest BCUT2D eigenvalue weighted by Gasteiger charge is -2.20. The number of amides is 1. The van der Waals surface area contributed by atoms with Gasteiger partial charge in [-0.15, -0.1) is 0 Å². The van der Waals surface area contributed by atoms with Gasteiger partial charge < -0.3 is 10.2 Å². The summed E-state index contributed by atoms with van der Waals surface area (Å²) in [6, 6.07) is -0.320. The third kappa shape index (κ3) is 4.19. The van der Waals surface area contributed by atoms with Crippen molar-refractivity contribution in [3.8, 4) is 0 Å². The second-order valence-electron chi connectivity index (χ2n) is 6.23. The summed E-state index contributed by atoms with van der Waals surface area (Å²) in [7, 11) is -3.01. The van der Waals surface area contributed by atoms with E-state index >= 15 is 0 Å². The van der Waals surface area contributed by atoms with Crippen LogP contribution < -0.4 is 10.2 Å². The van der Waals surface area contributed by atoms with Crippen LogP contribution in [0.2, 0.25) is 0 Å². The Balaban J connectivity index is 1.61. The minimum absolute atomic E-state index is 0.0119. The van der Waals surface area contributed by atoms with Gasteiger partial charge in [0.05, 0.1) is 23.9 Å². The van der Waals surface area contributed by atoms with E-state index in [1.165, 1.54) is 19.0 Å². The van der Waals surface area contributed by atoms with E-state index in [-0.39, 0.29) is 29.1 Å². The first-order chi connectivity index (χ1) is 11.0. The van der Waals surface area contributed by atoms with Crippen LogP contribution in [0.1, 0.15) is 42.6 Å². The van der Waals surface area contributed by atoms with Gasteiger partial charge in [-0.3, -0.25) is 4.79 Å². The van der Waals surface area contributed by atoms with Crippen LogP contribution in [0, 0.1) is 0 Å². The van der Waals surface area contributed by atoms with Crippen LogP contribution in [-0.2, 0) is 9.84 Å². The molecule has 3 rings (SSSR count). The zero-order chi connectivity index (χ0) is 16.3. The lowest BCUT2D eigenvalue weighted by molar-refractivity contribution is 0.0935. The molecule has 1 amide bonds. The van der Waals surface area contributed by atoms with Gasteiger partial charge in [0.2, 0.25) is 0 Å². The Bertz CT molecular complexity index is 652. The number of carbonyl (C=O) groups excluding carboxylic acids is 1. The summed E-state index contributed by atoms with van der Waals surface area (Å²) in [5, 5.41) is 2.73. The van der Waals surface area contributed by atoms with Gasteiger partial charge in [0.15, 0.2) is 9.84 Å². The van der Waals surface area contributed by atoms with Crippen molar-refractivity contribution in [3.63, 3.8) is 0 Å². The smallest absolute Gasteiger partial charge is 0.271 e. The van der Waals surface area contributed by atoms with E-state index in [9.17, 15) is 13.2 Å². The molecular formula is C15H22N4O3S. The molecule has 1 atom stereocenters. The van der Waals surface area contributed by atoms with E-state index in [0.717, 1.165) is 31.7 Å². The van der Waals surface area contributed by atoms with Crippen molar-refractivity contribution < 1.29 is 13.2 Å². The molecule has 1 unspecified atom stereocenters. The molecule has 1 aromatic rings. The molecule has 0 aromatic carbocycles. The summed E-state index contributed by atoms with van der Waals surface area (Å²) in [6.45, 7) is 1.94. The molecule has 0 saturated carbocycles. The second-order valence-corrected chi connectivity index (χ2v) is 8.46. The van der Waals surface area contributed by atoms with E-state index in [1.54, 1.807) is 6.20 Å². The average molecular weight is 338 g/mol. The number of carbonyl (C=O) groups is 1. The minimum Gasteiger partial charge on any atom is -0.355 e. The molecule has 2 saturated heterocycles. The fourth-order valence-electron chi connectivity index (χ4n) is 3.07. The highest BCUT2D eigenvalue weighted by atomic mass is 32.2. The maximum atomic E-state index is 12.1. The lowest BCUT2D eigenvalue weighted by Crippen LogP contribution is -2.36. The van der Waals surface area contributed by atoms with Crippen molar-refractivity contribution in [1.82, 2.24) is 15.3 Å². The Hall–Kier alpha value is -1.70. The highest BCUT2D eigenvalue weighted by Crippen LogP contribution is 2.16. The van der Waals surface area contributed by atoms with Crippen LogP contribution in [0.15, 0.2) is 12.4 Å². The van der Waals surface area contributed by atoms with E-state index in [0.29, 0.717) is 6.42 Å². The number of anilines is 1. The van der Waals surface area contributed by atoms with Gasteiger partial charge >= 0.3 is 0 Å². The molecule has 7 nitrogen and oxygen atoms in total. The lowest BCUT2D eigenvalue weighted by atomic mass is 10.2. The van der Waals surface area contributed by atoms with Gasteiger partial charge in [-0.25, -0.2) is 18.4 Å². The zero-order valence-electron chi connectivity index (χ0n) is 13.1. The quantitative estimate of drug-likeness (QED) is 0.875. The minimum atomic E-state index is -3.01. The number of nitrogens with zero attached hydrogens (tertiary/aromatic N) is 3. The van der Waals surface area contributed by atoms with Gasteiger partial charge in [0, 0.05) is 19.1 Å². The maximum Gasteiger partial charge on any atom is 0.271 e. The monoisotopic (exact) mass is 338 g/mol. The first-order valence-electron chi connectivity index (χ1n) is 8.12. The van der Waals surface area contributed by atoms with Crippen molar-refractivity contribution in [3.05, 3.63) is 18.1 Å². The summed E-state index contributed by atoms with van der Waals surface area (Å²) in [5.41, 5.74) is 0.230. The molecule has 1 N–H and O–H groups in total. The Labute approximate surface area is 136 Å². The van der Waals surface area contributed by atoms with Gasteiger partial charge in [-0.1, -0.05) is 12.8 Å². The molecule has 3 heterocycles. The third-order valence-electron chi connectivity index (χ3n) is 4.37. The molecule has 23 heavy (non-hydrogen) atoms. The highest BCUT2D eigenvalue weighted by Gasteiger charge is 2.29. The topological polar surface area (TPSA) is 92.3 Å².